The van der Waals surface area contributed by atoms with Gasteiger partial charge < -0.3 is 9.72 Å². The number of tetrazole rings is 1. The predicted octanol–water partition coefficient (Wildman–Crippen LogP) is 4.98. The molecule has 0 saturated heterocycles. The number of methoxy groups -OCH3 is 1. The van der Waals surface area contributed by atoms with Crippen LogP contribution in [0, 0.1) is 19.8 Å². The van der Waals surface area contributed by atoms with E-state index in [0.29, 0.717) is 25.2 Å². The number of ether oxygens (including phenoxy) is 1. The lowest BCUT2D eigenvalue weighted by Gasteiger charge is -2.33. The Hall–Kier alpha value is -4.37. The van der Waals surface area contributed by atoms with E-state index >= 15 is 0 Å². The first-order valence-electron chi connectivity index (χ1n) is 13.5. The Kier molecular flexibility index (Phi) is 8.02. The molecule has 3 heterocycles. The smallest absolute Gasteiger partial charge is 0.252 e. The molecule has 0 aliphatic heterocycles. The number of pyridine rings is 2. The Balaban J connectivity index is 1.54. The molecule has 1 atom stereocenters. The van der Waals surface area contributed by atoms with Crippen LogP contribution in [0.25, 0.3) is 10.9 Å². The van der Waals surface area contributed by atoms with E-state index in [2.05, 4.69) is 69.4 Å². The number of hydrogen-bond donors (Lipinski definition) is 1. The van der Waals surface area contributed by atoms with E-state index in [1.165, 1.54) is 0 Å². The number of fused-ring (bicyclic) bond motifs is 1. The van der Waals surface area contributed by atoms with Gasteiger partial charge in [0.25, 0.3) is 5.56 Å². The Bertz CT molecular complexity index is 1640. The summed E-state index contributed by atoms with van der Waals surface area (Å²) in [4.78, 5) is 23.1. The lowest BCUT2D eigenvalue weighted by atomic mass is 9.99. The van der Waals surface area contributed by atoms with E-state index in [4.69, 9.17) is 4.74 Å². The molecule has 0 unspecified atom stereocenters. The molecule has 206 valence electrons. The van der Waals surface area contributed by atoms with Crippen LogP contribution >= 0.6 is 0 Å². The highest BCUT2D eigenvalue weighted by molar-refractivity contribution is 5.83. The summed E-state index contributed by atoms with van der Waals surface area (Å²) in [6, 6.07) is 17.9. The average Bonchev–Trinajstić information content (AvgIpc) is 3.40. The predicted molar refractivity (Wildman–Crippen MR) is 155 cm³/mol. The number of aromatic nitrogens is 6. The number of aromatic amines is 1. The van der Waals surface area contributed by atoms with Gasteiger partial charge in [-0.15, -0.1) is 5.10 Å². The molecule has 0 spiro atoms. The van der Waals surface area contributed by atoms with Gasteiger partial charge in [0, 0.05) is 31.0 Å². The molecule has 9 heteroatoms. The van der Waals surface area contributed by atoms with Gasteiger partial charge in [0.15, 0.2) is 5.82 Å². The molecular formula is C31H35N7O2. The third-order valence-corrected chi connectivity index (χ3v) is 7.45. The maximum Gasteiger partial charge on any atom is 0.252 e. The Morgan fingerprint density at radius 1 is 1.02 bits per heavy atom. The van der Waals surface area contributed by atoms with E-state index in [-0.39, 0.29) is 17.5 Å². The lowest BCUT2D eigenvalue weighted by Crippen LogP contribution is -2.35. The molecule has 0 aliphatic carbocycles. The summed E-state index contributed by atoms with van der Waals surface area (Å²) in [5, 5.41) is 13.9. The van der Waals surface area contributed by atoms with Crippen LogP contribution in [0.4, 0.5) is 0 Å². The zero-order valence-electron chi connectivity index (χ0n) is 23.6. The highest BCUT2D eigenvalue weighted by atomic mass is 16.5. The summed E-state index contributed by atoms with van der Waals surface area (Å²) in [6.07, 6.45) is 3.63. The molecule has 5 aromatic rings. The maximum atomic E-state index is 13.4. The van der Waals surface area contributed by atoms with Gasteiger partial charge in [-0.3, -0.25) is 14.7 Å². The van der Waals surface area contributed by atoms with Crippen LogP contribution < -0.4 is 10.3 Å². The Morgan fingerprint density at radius 2 is 1.82 bits per heavy atom. The fourth-order valence-electron chi connectivity index (χ4n) is 5.21. The topological polar surface area (TPSA) is 102 Å². The second kappa shape index (κ2) is 11.8. The molecular weight excluding hydrogens is 502 g/mol. The second-order valence-electron chi connectivity index (χ2n) is 10.6. The van der Waals surface area contributed by atoms with Gasteiger partial charge in [-0.25, -0.2) is 4.68 Å². The van der Waals surface area contributed by atoms with Crippen LogP contribution in [0.15, 0.2) is 71.8 Å². The van der Waals surface area contributed by atoms with Gasteiger partial charge in [0.05, 0.1) is 25.2 Å². The lowest BCUT2D eigenvalue weighted by molar-refractivity contribution is 0.126. The number of hydrogen-bond acceptors (Lipinski definition) is 7. The highest BCUT2D eigenvalue weighted by Crippen LogP contribution is 2.31. The molecule has 3 aromatic heterocycles. The first kappa shape index (κ1) is 27.2. The van der Waals surface area contributed by atoms with Crippen molar-refractivity contribution in [2.24, 2.45) is 5.92 Å². The summed E-state index contributed by atoms with van der Waals surface area (Å²) in [5.41, 5.74) is 5.84. The normalized spacial score (nSPS) is 12.4. The van der Waals surface area contributed by atoms with Crippen molar-refractivity contribution < 1.29 is 4.74 Å². The van der Waals surface area contributed by atoms with Crippen molar-refractivity contribution in [2.75, 3.05) is 7.11 Å². The van der Waals surface area contributed by atoms with Crippen LogP contribution in [-0.4, -0.2) is 42.2 Å². The first-order valence-corrected chi connectivity index (χ1v) is 13.5. The fraction of sp³-hybridized carbons (Fsp3) is 0.323. The number of benzene rings is 2. The van der Waals surface area contributed by atoms with Crippen LogP contribution in [0.3, 0.4) is 0 Å². The summed E-state index contributed by atoms with van der Waals surface area (Å²) in [6.45, 7) is 9.93. The van der Waals surface area contributed by atoms with Crippen molar-refractivity contribution in [3.8, 4) is 5.75 Å². The second-order valence-corrected chi connectivity index (χ2v) is 10.6. The van der Waals surface area contributed by atoms with Crippen LogP contribution in [-0.2, 0) is 19.6 Å². The van der Waals surface area contributed by atoms with Crippen molar-refractivity contribution in [3.05, 3.63) is 111 Å². The third-order valence-electron chi connectivity index (χ3n) is 7.45. The highest BCUT2D eigenvalue weighted by Gasteiger charge is 2.30. The molecule has 1 N–H and O–H groups in total. The SMILES string of the molecule is COc1ccc(Cn2nnnc2[C@@H](C(C)C)N(Cc2cccnc2)Cc2cc3ccc(C)c(C)c3[nH]c2=O)cc1. The van der Waals surface area contributed by atoms with Crippen molar-refractivity contribution in [2.45, 2.75) is 53.4 Å². The van der Waals surface area contributed by atoms with Crippen LogP contribution in [0.2, 0.25) is 0 Å². The maximum absolute atomic E-state index is 13.4. The van der Waals surface area contributed by atoms with Gasteiger partial charge in [-0.1, -0.05) is 44.2 Å². The minimum absolute atomic E-state index is 0.0854. The summed E-state index contributed by atoms with van der Waals surface area (Å²) < 4.78 is 7.15. The number of rotatable bonds is 10. The van der Waals surface area contributed by atoms with Crippen molar-refractivity contribution in [1.29, 1.82) is 0 Å². The van der Waals surface area contributed by atoms with Gasteiger partial charge in [0.2, 0.25) is 0 Å². The number of aryl methyl sites for hydroxylation is 2. The first-order chi connectivity index (χ1) is 19.3. The zero-order chi connectivity index (χ0) is 28.2. The molecule has 0 saturated carbocycles. The van der Waals surface area contributed by atoms with E-state index in [9.17, 15) is 4.79 Å². The minimum Gasteiger partial charge on any atom is -0.497 e. The molecule has 9 nitrogen and oxygen atoms in total. The largest absolute Gasteiger partial charge is 0.497 e. The molecule has 0 aliphatic rings. The minimum atomic E-state index is -0.164. The molecule has 5 rings (SSSR count). The Labute approximate surface area is 233 Å². The van der Waals surface area contributed by atoms with E-state index < -0.39 is 0 Å². The van der Waals surface area contributed by atoms with Gasteiger partial charge in [-0.2, -0.15) is 0 Å². The van der Waals surface area contributed by atoms with E-state index in [0.717, 1.165) is 44.7 Å². The molecule has 0 bridgehead atoms. The summed E-state index contributed by atoms with van der Waals surface area (Å²) in [7, 11) is 1.65. The fourth-order valence-corrected chi connectivity index (χ4v) is 5.21. The van der Waals surface area contributed by atoms with Crippen molar-refractivity contribution in [3.63, 3.8) is 0 Å². The molecule has 0 fully saturated rings. The number of H-pyrrole nitrogens is 1. The third kappa shape index (κ3) is 5.79. The van der Waals surface area contributed by atoms with Crippen molar-refractivity contribution in [1.82, 2.24) is 35.1 Å². The van der Waals surface area contributed by atoms with Gasteiger partial charge in [-0.05, 0) is 82.1 Å². The quantitative estimate of drug-likeness (QED) is 0.268. The molecule has 0 radical (unpaired) electrons. The van der Waals surface area contributed by atoms with E-state index in [1.54, 1.807) is 13.3 Å². The average molecular weight is 538 g/mol. The Morgan fingerprint density at radius 3 is 2.52 bits per heavy atom. The summed E-state index contributed by atoms with van der Waals surface area (Å²) in [5.74, 6) is 1.70. The zero-order valence-corrected chi connectivity index (χ0v) is 23.6. The molecule has 2 aromatic carbocycles. The van der Waals surface area contributed by atoms with Crippen LogP contribution in [0.1, 0.15) is 53.5 Å². The van der Waals surface area contributed by atoms with Crippen molar-refractivity contribution >= 4 is 10.9 Å². The van der Waals surface area contributed by atoms with Crippen LogP contribution in [0.5, 0.6) is 5.75 Å². The molecule has 0 amide bonds. The van der Waals surface area contributed by atoms with Gasteiger partial charge in [0.1, 0.15) is 5.75 Å². The summed E-state index contributed by atoms with van der Waals surface area (Å²) >= 11 is 0. The molecule has 40 heavy (non-hydrogen) atoms. The van der Waals surface area contributed by atoms with Gasteiger partial charge >= 0.3 is 0 Å². The monoisotopic (exact) mass is 537 g/mol. The number of nitrogens with one attached hydrogen (secondary N) is 1. The van der Waals surface area contributed by atoms with E-state index in [1.807, 2.05) is 54.2 Å². The standard InChI is InChI=1S/C31H35N7O2/c1-20(2)29(30-34-35-36-38(30)18-23-9-12-27(40-5)13-10-23)37(17-24-7-6-14-32-16-24)19-26-15-25-11-8-21(3)22(4)28(25)33-31(26)39/h6-16,20,29H,17-19H2,1-5H3,(H,33,39)/t29-/m1/s1. The number of nitrogens with zero attached hydrogens (tertiary/aromatic N) is 6.